The summed E-state index contributed by atoms with van der Waals surface area (Å²) in [6, 6.07) is 0. The fourth-order valence-electron chi connectivity index (χ4n) is 2.04. The van der Waals surface area contributed by atoms with Crippen molar-refractivity contribution in [3.05, 3.63) is 0 Å². The van der Waals surface area contributed by atoms with E-state index in [0.717, 1.165) is 32.1 Å². The number of hydrogen-bond acceptors (Lipinski definition) is 6. The zero-order valence-corrected chi connectivity index (χ0v) is 9.68. The van der Waals surface area contributed by atoms with Gasteiger partial charge in [0.2, 0.25) is 18.2 Å². The van der Waals surface area contributed by atoms with Crippen LogP contribution in [-0.2, 0) is 14.4 Å². The maximum atomic E-state index is 10.4. The Hall–Kier alpha value is -1.64. The monoisotopic (exact) mass is 237 g/mol. The first-order chi connectivity index (χ1) is 7.79. The maximum Gasteiger partial charge on any atom is 0.470 e. The van der Waals surface area contributed by atoms with E-state index >= 15 is 0 Å². The van der Waals surface area contributed by atoms with Crippen LogP contribution in [0.5, 0.6) is 0 Å². The Morgan fingerprint density at radius 1 is 0.812 bits per heavy atom. The molecule has 1 rings (SSSR count). The van der Waals surface area contributed by atoms with Gasteiger partial charge in [0, 0.05) is 5.54 Å². The van der Waals surface area contributed by atoms with Crippen LogP contribution in [-0.4, -0.2) is 26.8 Å². The summed E-state index contributed by atoms with van der Waals surface area (Å²) < 4.78 is 10.6. The van der Waals surface area contributed by atoms with Crippen LogP contribution in [0.15, 0.2) is 14.0 Å². The molecule has 6 nitrogen and oxygen atoms in total. The van der Waals surface area contributed by atoms with Gasteiger partial charge in [-0.25, -0.2) is 14.4 Å². The summed E-state index contributed by atoms with van der Waals surface area (Å²) >= 11 is 0. The van der Waals surface area contributed by atoms with Crippen molar-refractivity contribution in [3.8, 4) is 0 Å². The molecule has 16 heavy (non-hydrogen) atoms. The summed E-state index contributed by atoms with van der Waals surface area (Å²) in [7, 11) is -3.29. The molecule has 0 radical (unpaired) electrons. The van der Waals surface area contributed by atoms with Gasteiger partial charge in [-0.3, -0.25) is 0 Å². The van der Waals surface area contributed by atoms with Gasteiger partial charge in [0.15, 0.2) is 0 Å². The molecule has 0 aliphatic heterocycles. The minimum atomic E-state index is -3.29. The first kappa shape index (κ1) is 12.4. The Morgan fingerprint density at radius 3 is 1.62 bits per heavy atom. The molecule has 0 heterocycles. The van der Waals surface area contributed by atoms with E-state index in [1.807, 2.05) is 0 Å². The van der Waals surface area contributed by atoms with Gasteiger partial charge < -0.3 is 0 Å². The molecule has 84 valence electrons. The predicted molar refractivity (Wildman–Crippen MR) is 57.0 cm³/mol. The molecule has 1 fully saturated rings. The Morgan fingerprint density at radius 2 is 1.25 bits per heavy atom. The summed E-state index contributed by atoms with van der Waals surface area (Å²) in [6.07, 6.45) is 8.68. The largest absolute Gasteiger partial charge is 0.470 e. The minimum absolute atomic E-state index is 0.0920. The third-order valence-corrected chi connectivity index (χ3v) is 5.72. The molecular weight excluding hydrogens is 226 g/mol. The first-order valence-corrected chi connectivity index (χ1v) is 6.98. The third-order valence-electron chi connectivity index (χ3n) is 2.78. The molecule has 0 amide bonds. The second-order valence-corrected chi connectivity index (χ2v) is 6.49. The van der Waals surface area contributed by atoms with E-state index in [0.29, 0.717) is 0 Å². The second-order valence-electron chi connectivity index (χ2n) is 3.63. The average molecular weight is 237 g/mol. The highest BCUT2D eigenvalue weighted by atomic mass is 28.4. The van der Waals surface area contributed by atoms with Gasteiger partial charge in [0.1, 0.15) is 0 Å². The molecule has 0 bridgehead atoms. The van der Waals surface area contributed by atoms with Crippen LogP contribution in [0.3, 0.4) is 0 Å². The van der Waals surface area contributed by atoms with Crippen molar-refractivity contribution in [3.63, 3.8) is 0 Å². The van der Waals surface area contributed by atoms with Crippen molar-refractivity contribution >= 4 is 26.8 Å². The minimum Gasteiger partial charge on any atom is -0.212 e. The van der Waals surface area contributed by atoms with E-state index in [4.69, 9.17) is 0 Å². The van der Waals surface area contributed by atoms with Crippen molar-refractivity contribution in [1.29, 1.82) is 0 Å². The summed E-state index contributed by atoms with van der Waals surface area (Å²) in [6.45, 7) is 0. The van der Waals surface area contributed by atoms with E-state index in [9.17, 15) is 14.4 Å². The summed E-state index contributed by atoms with van der Waals surface area (Å²) in [4.78, 5) is 31.1. The SMILES string of the molecule is O=C=N[Si](N=C=O)(N=C=O)C1CCCCC1. The highest BCUT2D eigenvalue weighted by molar-refractivity contribution is 6.78. The molecule has 0 saturated heterocycles. The number of nitrogens with zero attached hydrogens (tertiary/aromatic N) is 3. The highest BCUT2D eigenvalue weighted by Gasteiger charge is 2.45. The van der Waals surface area contributed by atoms with Crippen LogP contribution in [0.4, 0.5) is 0 Å². The van der Waals surface area contributed by atoms with Gasteiger partial charge in [0.05, 0.1) is 0 Å². The smallest absolute Gasteiger partial charge is 0.212 e. The average Bonchev–Trinajstić information content (AvgIpc) is 2.31. The molecule has 0 atom stereocenters. The van der Waals surface area contributed by atoms with Gasteiger partial charge in [0.25, 0.3) is 0 Å². The van der Waals surface area contributed by atoms with Gasteiger partial charge in [-0.15, -0.1) is 0 Å². The van der Waals surface area contributed by atoms with Crippen LogP contribution in [0.25, 0.3) is 0 Å². The fourth-order valence-corrected chi connectivity index (χ4v) is 4.32. The third kappa shape index (κ3) is 2.69. The number of isocyanates is 3. The molecule has 0 aromatic carbocycles. The normalized spacial score (nSPS) is 19.5. The second kappa shape index (κ2) is 6.05. The van der Waals surface area contributed by atoms with Crippen molar-refractivity contribution < 1.29 is 14.4 Å². The number of carbonyl (C=O) groups excluding carboxylic acids is 3. The van der Waals surface area contributed by atoms with E-state index in [2.05, 4.69) is 14.0 Å². The summed E-state index contributed by atoms with van der Waals surface area (Å²) in [5.41, 5.74) is -0.0920. The topological polar surface area (TPSA) is 88.3 Å². The van der Waals surface area contributed by atoms with E-state index < -0.39 is 8.56 Å². The van der Waals surface area contributed by atoms with Crippen molar-refractivity contribution in [2.75, 3.05) is 0 Å². The van der Waals surface area contributed by atoms with Gasteiger partial charge >= 0.3 is 8.56 Å². The lowest BCUT2D eigenvalue weighted by molar-refractivity contribution is 0.487. The molecule has 7 heteroatoms. The lowest BCUT2D eigenvalue weighted by Gasteiger charge is -2.26. The Labute approximate surface area is 93.4 Å². The molecule has 0 N–H and O–H groups in total. The van der Waals surface area contributed by atoms with E-state index in [-0.39, 0.29) is 5.54 Å². The van der Waals surface area contributed by atoms with Crippen LogP contribution >= 0.6 is 0 Å². The molecule has 1 saturated carbocycles. The molecule has 1 aliphatic carbocycles. The zero-order valence-electron chi connectivity index (χ0n) is 8.68. The van der Waals surface area contributed by atoms with Gasteiger partial charge in [-0.2, -0.15) is 14.0 Å². The van der Waals surface area contributed by atoms with Gasteiger partial charge in [-0.1, -0.05) is 19.3 Å². The van der Waals surface area contributed by atoms with E-state index in [1.54, 1.807) is 0 Å². The van der Waals surface area contributed by atoms with Crippen molar-refractivity contribution in [2.45, 2.75) is 37.6 Å². The Balaban J connectivity index is 3.12. The number of hydrogen-bond donors (Lipinski definition) is 0. The Kier molecular flexibility index (Phi) is 4.70. The van der Waals surface area contributed by atoms with E-state index in [1.165, 1.54) is 18.2 Å². The summed E-state index contributed by atoms with van der Waals surface area (Å²) in [5.74, 6) is 0. The predicted octanol–water partition coefficient (Wildman–Crippen LogP) is 1.27. The lowest BCUT2D eigenvalue weighted by Crippen LogP contribution is -2.36. The Bertz CT molecular complexity index is 341. The lowest BCUT2D eigenvalue weighted by atomic mass is 10.0. The summed E-state index contributed by atoms with van der Waals surface area (Å²) in [5, 5.41) is 0. The fraction of sp³-hybridized carbons (Fsp3) is 0.667. The maximum absolute atomic E-state index is 10.4. The standard InChI is InChI=1S/C9H11N3O3Si/c13-6-10-16(11-7-14,12-8-15)9-4-2-1-3-5-9/h9H,1-5H2. The van der Waals surface area contributed by atoms with Crippen LogP contribution in [0, 0.1) is 0 Å². The number of rotatable bonds is 4. The molecule has 0 aromatic rings. The molecular formula is C9H11N3O3Si. The molecule has 1 aliphatic rings. The van der Waals surface area contributed by atoms with Crippen LogP contribution in [0.2, 0.25) is 5.54 Å². The quantitative estimate of drug-likeness (QED) is 0.419. The molecule has 0 unspecified atom stereocenters. The van der Waals surface area contributed by atoms with Gasteiger partial charge in [-0.05, 0) is 12.8 Å². The van der Waals surface area contributed by atoms with Crippen molar-refractivity contribution in [2.24, 2.45) is 14.0 Å². The first-order valence-electron chi connectivity index (χ1n) is 5.06. The van der Waals surface area contributed by atoms with Crippen molar-refractivity contribution in [1.82, 2.24) is 0 Å². The van der Waals surface area contributed by atoms with Crippen LogP contribution < -0.4 is 0 Å². The molecule has 0 aromatic heterocycles. The molecule has 0 spiro atoms. The van der Waals surface area contributed by atoms with Crippen LogP contribution in [0.1, 0.15) is 32.1 Å². The highest BCUT2D eigenvalue weighted by Crippen LogP contribution is 2.38. The zero-order chi connectivity index (χ0) is 11.9.